The molecule has 1 aromatic heterocycles. The minimum absolute atomic E-state index is 0.611. The fourth-order valence-electron chi connectivity index (χ4n) is 2.62. The predicted molar refractivity (Wildman–Crippen MR) is 104 cm³/mol. The monoisotopic (exact) mass is 332 g/mol. The maximum absolute atomic E-state index is 4.60. The lowest BCUT2D eigenvalue weighted by Gasteiger charge is -2.12. The van der Waals surface area contributed by atoms with Gasteiger partial charge in [-0.3, -0.25) is 0 Å². The van der Waals surface area contributed by atoms with Crippen LogP contribution in [-0.2, 0) is 6.54 Å². The van der Waals surface area contributed by atoms with Crippen LogP contribution in [0.15, 0.2) is 48.5 Å². The summed E-state index contributed by atoms with van der Waals surface area (Å²) in [5.74, 6) is 1.43. The van der Waals surface area contributed by atoms with Gasteiger partial charge in [0.1, 0.15) is 5.82 Å². The van der Waals surface area contributed by atoms with Crippen molar-refractivity contribution in [3.63, 3.8) is 0 Å². The molecule has 0 radical (unpaired) electrons. The summed E-state index contributed by atoms with van der Waals surface area (Å²) in [5.41, 5.74) is 6.91. The highest BCUT2D eigenvalue weighted by molar-refractivity contribution is 5.61. The van der Waals surface area contributed by atoms with Gasteiger partial charge >= 0.3 is 0 Å². The van der Waals surface area contributed by atoms with Gasteiger partial charge in [0.05, 0.1) is 0 Å². The molecule has 0 aliphatic rings. The minimum atomic E-state index is 0.611. The first kappa shape index (κ1) is 17.0. The van der Waals surface area contributed by atoms with Crippen LogP contribution in [0.25, 0.3) is 0 Å². The molecule has 0 spiro atoms. The van der Waals surface area contributed by atoms with Gasteiger partial charge in [-0.1, -0.05) is 42.0 Å². The lowest BCUT2D eigenvalue weighted by Crippen LogP contribution is -2.06. The van der Waals surface area contributed by atoms with Gasteiger partial charge in [-0.25, -0.2) is 4.98 Å². The quantitative estimate of drug-likeness (QED) is 0.685. The van der Waals surface area contributed by atoms with Gasteiger partial charge in [-0.15, -0.1) is 0 Å². The zero-order valence-electron chi connectivity index (χ0n) is 15.2. The number of hydrogen-bond donors (Lipinski definition) is 2. The fourth-order valence-corrected chi connectivity index (χ4v) is 2.62. The van der Waals surface area contributed by atoms with Gasteiger partial charge in [0.15, 0.2) is 0 Å². The first-order valence-electron chi connectivity index (χ1n) is 8.49. The van der Waals surface area contributed by atoms with Gasteiger partial charge in [-0.05, 0) is 50.5 Å². The molecule has 0 amide bonds. The molecule has 4 nitrogen and oxygen atoms in total. The van der Waals surface area contributed by atoms with Crippen molar-refractivity contribution >= 4 is 17.5 Å². The van der Waals surface area contributed by atoms with Crippen LogP contribution in [0.5, 0.6) is 0 Å². The number of nitrogens with zero attached hydrogens (tertiary/aromatic N) is 2. The molecule has 25 heavy (non-hydrogen) atoms. The van der Waals surface area contributed by atoms with Gasteiger partial charge in [-0.2, -0.15) is 4.98 Å². The Kier molecular flexibility index (Phi) is 4.98. The Morgan fingerprint density at radius 2 is 1.64 bits per heavy atom. The molecule has 1 heterocycles. The summed E-state index contributed by atoms with van der Waals surface area (Å²) in [7, 11) is 0. The van der Waals surface area contributed by atoms with E-state index in [0.29, 0.717) is 5.95 Å². The molecule has 128 valence electrons. The van der Waals surface area contributed by atoms with E-state index >= 15 is 0 Å². The average Bonchev–Trinajstić information content (AvgIpc) is 2.58. The highest BCUT2D eigenvalue weighted by Crippen LogP contribution is 2.22. The van der Waals surface area contributed by atoms with Crippen molar-refractivity contribution in [2.45, 2.75) is 34.2 Å². The zero-order valence-corrected chi connectivity index (χ0v) is 15.2. The first-order chi connectivity index (χ1) is 12.0. The summed E-state index contributed by atoms with van der Waals surface area (Å²) in [4.78, 5) is 9.10. The van der Waals surface area contributed by atoms with E-state index in [1.54, 1.807) is 0 Å². The molecule has 2 aromatic carbocycles. The molecule has 0 aliphatic carbocycles. The Labute approximate surface area is 149 Å². The Hall–Kier alpha value is -2.88. The molecule has 3 rings (SSSR count). The molecule has 0 aliphatic heterocycles. The third-order valence-corrected chi connectivity index (χ3v) is 4.30. The number of aryl methyl sites for hydroxylation is 3. The summed E-state index contributed by atoms with van der Waals surface area (Å²) >= 11 is 0. The number of rotatable bonds is 5. The summed E-state index contributed by atoms with van der Waals surface area (Å²) in [6.07, 6.45) is 0. The Morgan fingerprint density at radius 3 is 2.40 bits per heavy atom. The van der Waals surface area contributed by atoms with E-state index in [1.165, 1.54) is 22.3 Å². The number of hydrogen-bond acceptors (Lipinski definition) is 4. The highest BCUT2D eigenvalue weighted by atomic mass is 15.1. The van der Waals surface area contributed by atoms with Crippen LogP contribution < -0.4 is 10.6 Å². The van der Waals surface area contributed by atoms with E-state index in [1.807, 2.05) is 25.1 Å². The van der Waals surface area contributed by atoms with Crippen LogP contribution >= 0.6 is 0 Å². The summed E-state index contributed by atoms with van der Waals surface area (Å²) in [6, 6.07) is 16.7. The second-order valence-corrected chi connectivity index (χ2v) is 6.43. The predicted octanol–water partition coefficient (Wildman–Crippen LogP) is 5.07. The lowest BCUT2D eigenvalue weighted by molar-refractivity contribution is 1.06. The minimum Gasteiger partial charge on any atom is -0.366 e. The van der Waals surface area contributed by atoms with Crippen LogP contribution in [0, 0.1) is 27.7 Å². The molecule has 0 bridgehead atoms. The van der Waals surface area contributed by atoms with Crippen molar-refractivity contribution in [2.24, 2.45) is 0 Å². The molecule has 0 fully saturated rings. The van der Waals surface area contributed by atoms with Crippen molar-refractivity contribution in [1.82, 2.24) is 9.97 Å². The second-order valence-electron chi connectivity index (χ2n) is 6.43. The van der Waals surface area contributed by atoms with Crippen molar-refractivity contribution < 1.29 is 0 Å². The fraction of sp³-hybridized carbons (Fsp3) is 0.238. The third kappa shape index (κ3) is 4.35. The molecular formula is C21H24N4. The van der Waals surface area contributed by atoms with Crippen LogP contribution in [0.1, 0.15) is 27.9 Å². The molecule has 3 aromatic rings. The largest absolute Gasteiger partial charge is 0.366 e. The van der Waals surface area contributed by atoms with Crippen molar-refractivity contribution in [1.29, 1.82) is 0 Å². The lowest BCUT2D eigenvalue weighted by atomic mass is 10.1. The van der Waals surface area contributed by atoms with Crippen molar-refractivity contribution in [3.8, 4) is 0 Å². The number of nitrogens with one attached hydrogen (secondary N) is 2. The van der Waals surface area contributed by atoms with Gasteiger partial charge in [0.25, 0.3) is 0 Å². The van der Waals surface area contributed by atoms with E-state index in [2.05, 4.69) is 71.7 Å². The normalized spacial score (nSPS) is 10.6. The van der Waals surface area contributed by atoms with Crippen LogP contribution in [0.3, 0.4) is 0 Å². The molecule has 0 saturated heterocycles. The highest BCUT2D eigenvalue weighted by Gasteiger charge is 2.06. The van der Waals surface area contributed by atoms with Gasteiger partial charge in [0, 0.05) is 24.0 Å². The SMILES string of the molecule is Cc1ccc(CNc2cc(C)nc(Nc3cccc(C)c3C)n2)cc1. The topological polar surface area (TPSA) is 49.8 Å². The molecule has 0 atom stereocenters. The Balaban J connectivity index is 1.76. The maximum Gasteiger partial charge on any atom is 0.229 e. The Bertz CT molecular complexity index is 870. The number of benzene rings is 2. The molecular weight excluding hydrogens is 308 g/mol. The smallest absolute Gasteiger partial charge is 0.229 e. The average molecular weight is 332 g/mol. The number of anilines is 3. The molecule has 0 saturated carbocycles. The van der Waals surface area contributed by atoms with Crippen LogP contribution in [0.4, 0.5) is 17.5 Å². The van der Waals surface area contributed by atoms with Gasteiger partial charge < -0.3 is 10.6 Å². The first-order valence-corrected chi connectivity index (χ1v) is 8.49. The van der Waals surface area contributed by atoms with E-state index in [9.17, 15) is 0 Å². The standard InChI is InChI=1S/C21H24N4/c1-14-8-10-18(11-9-14)13-22-20-12-16(3)23-21(25-20)24-19-7-5-6-15(2)17(19)4/h5-12H,13H2,1-4H3,(H2,22,23,24,25). The van der Waals surface area contributed by atoms with E-state index < -0.39 is 0 Å². The summed E-state index contributed by atoms with van der Waals surface area (Å²) in [6.45, 7) is 9.01. The van der Waals surface area contributed by atoms with Crippen LogP contribution in [-0.4, -0.2) is 9.97 Å². The maximum atomic E-state index is 4.60. The third-order valence-electron chi connectivity index (χ3n) is 4.30. The molecule has 0 unspecified atom stereocenters. The van der Waals surface area contributed by atoms with E-state index in [0.717, 1.165) is 23.7 Å². The molecule has 2 N–H and O–H groups in total. The van der Waals surface area contributed by atoms with Crippen molar-refractivity contribution in [2.75, 3.05) is 10.6 Å². The van der Waals surface area contributed by atoms with Crippen molar-refractivity contribution in [3.05, 3.63) is 76.5 Å². The molecule has 4 heteroatoms. The van der Waals surface area contributed by atoms with E-state index in [-0.39, 0.29) is 0 Å². The second kappa shape index (κ2) is 7.34. The summed E-state index contributed by atoms with van der Waals surface area (Å²) in [5, 5.41) is 6.72. The van der Waals surface area contributed by atoms with Gasteiger partial charge in [0.2, 0.25) is 5.95 Å². The van der Waals surface area contributed by atoms with E-state index in [4.69, 9.17) is 0 Å². The number of aromatic nitrogens is 2. The zero-order chi connectivity index (χ0) is 17.8. The van der Waals surface area contributed by atoms with Crippen LogP contribution in [0.2, 0.25) is 0 Å². The Morgan fingerprint density at radius 1 is 0.880 bits per heavy atom. The summed E-state index contributed by atoms with van der Waals surface area (Å²) < 4.78 is 0.